The van der Waals surface area contributed by atoms with Crippen LogP contribution in [0.5, 0.6) is 0 Å². The Kier molecular flexibility index (Phi) is 5.67. The van der Waals surface area contributed by atoms with E-state index in [0.29, 0.717) is 44.3 Å². The molecule has 8 heteroatoms. The summed E-state index contributed by atoms with van der Waals surface area (Å²) in [6.07, 6.45) is 3.06. The Labute approximate surface area is 148 Å². The first-order chi connectivity index (χ1) is 12.1. The van der Waals surface area contributed by atoms with E-state index in [0.717, 1.165) is 32.4 Å². The van der Waals surface area contributed by atoms with Crippen molar-refractivity contribution >= 4 is 11.8 Å². The van der Waals surface area contributed by atoms with Crippen molar-refractivity contribution in [1.82, 2.24) is 24.8 Å². The van der Waals surface area contributed by atoms with E-state index in [1.165, 1.54) is 0 Å². The molecule has 3 heterocycles. The topological polar surface area (TPSA) is 82.8 Å². The van der Waals surface area contributed by atoms with Gasteiger partial charge in [0.1, 0.15) is 6.04 Å². The summed E-state index contributed by atoms with van der Waals surface area (Å²) < 4.78 is 5.00. The summed E-state index contributed by atoms with van der Waals surface area (Å²) in [6, 6.07) is -0.259. The van der Waals surface area contributed by atoms with Gasteiger partial charge in [0.25, 0.3) is 0 Å². The van der Waals surface area contributed by atoms with Gasteiger partial charge < -0.3 is 14.3 Å². The highest BCUT2D eigenvalue weighted by Gasteiger charge is 2.36. The van der Waals surface area contributed by atoms with Crippen LogP contribution in [0.3, 0.4) is 0 Å². The summed E-state index contributed by atoms with van der Waals surface area (Å²) in [7, 11) is 0. The van der Waals surface area contributed by atoms with Crippen molar-refractivity contribution in [3.8, 4) is 0 Å². The first-order valence-electron chi connectivity index (χ1n) is 9.18. The maximum Gasteiger partial charge on any atom is 0.245 e. The Balaban J connectivity index is 1.51. The van der Waals surface area contributed by atoms with E-state index >= 15 is 0 Å². The van der Waals surface area contributed by atoms with Gasteiger partial charge in [0.05, 0.1) is 6.54 Å². The molecule has 138 valence electrons. The molecular formula is C17H27N5O3. The second-order valence-corrected chi connectivity index (χ2v) is 6.83. The minimum Gasteiger partial charge on any atom is -0.340 e. The minimum absolute atomic E-state index is 0.108. The second-order valence-electron chi connectivity index (χ2n) is 6.83. The SMILES string of the molecule is CCCC(=O)N1CCC[C@H]1C(=O)N1CCN(Cc2noc(C)n2)CC1. The highest BCUT2D eigenvalue weighted by Crippen LogP contribution is 2.21. The standard InChI is InChI=1S/C17H27N5O3/c1-3-5-16(23)22-7-4-6-14(22)17(24)21-10-8-20(9-11-21)12-15-18-13(2)25-19-15/h14H,3-12H2,1-2H3/t14-/m0/s1. The molecule has 0 unspecified atom stereocenters. The van der Waals surface area contributed by atoms with Crippen LogP contribution in [0.2, 0.25) is 0 Å². The van der Waals surface area contributed by atoms with Crippen molar-refractivity contribution in [1.29, 1.82) is 0 Å². The Morgan fingerprint density at radius 1 is 1.20 bits per heavy atom. The van der Waals surface area contributed by atoms with Crippen molar-refractivity contribution in [3.05, 3.63) is 11.7 Å². The lowest BCUT2D eigenvalue weighted by molar-refractivity contribution is -0.145. The second kappa shape index (κ2) is 7.95. The van der Waals surface area contributed by atoms with E-state index in [9.17, 15) is 9.59 Å². The first kappa shape index (κ1) is 17.8. The van der Waals surface area contributed by atoms with E-state index in [4.69, 9.17) is 4.52 Å². The third-order valence-electron chi connectivity index (χ3n) is 4.94. The average molecular weight is 349 g/mol. The lowest BCUT2D eigenvalue weighted by atomic mass is 10.1. The molecule has 0 aromatic carbocycles. The number of rotatable bonds is 5. The molecule has 2 aliphatic heterocycles. The normalized spacial score (nSPS) is 21.8. The molecule has 8 nitrogen and oxygen atoms in total. The number of carbonyl (C=O) groups is 2. The molecule has 0 aliphatic carbocycles. The van der Waals surface area contributed by atoms with Crippen LogP contribution in [-0.2, 0) is 16.1 Å². The van der Waals surface area contributed by atoms with Crippen LogP contribution in [0.25, 0.3) is 0 Å². The molecule has 2 aliphatic rings. The van der Waals surface area contributed by atoms with E-state index in [2.05, 4.69) is 15.0 Å². The molecule has 2 fully saturated rings. The fourth-order valence-electron chi connectivity index (χ4n) is 3.62. The first-order valence-corrected chi connectivity index (χ1v) is 9.18. The highest BCUT2D eigenvalue weighted by molar-refractivity contribution is 5.88. The fourth-order valence-corrected chi connectivity index (χ4v) is 3.62. The van der Waals surface area contributed by atoms with Gasteiger partial charge in [-0.25, -0.2) is 0 Å². The van der Waals surface area contributed by atoms with Crippen molar-refractivity contribution < 1.29 is 14.1 Å². The lowest BCUT2D eigenvalue weighted by Crippen LogP contribution is -2.54. The van der Waals surface area contributed by atoms with E-state index < -0.39 is 0 Å². The molecule has 2 amide bonds. The third kappa shape index (κ3) is 4.18. The van der Waals surface area contributed by atoms with Crippen LogP contribution in [-0.4, -0.2) is 75.4 Å². The predicted molar refractivity (Wildman–Crippen MR) is 90.5 cm³/mol. The van der Waals surface area contributed by atoms with Gasteiger partial charge in [0.15, 0.2) is 5.82 Å². The zero-order chi connectivity index (χ0) is 17.8. The van der Waals surface area contributed by atoms with Crippen LogP contribution < -0.4 is 0 Å². The lowest BCUT2D eigenvalue weighted by Gasteiger charge is -2.37. The molecule has 0 bridgehead atoms. The Morgan fingerprint density at radius 2 is 1.96 bits per heavy atom. The van der Waals surface area contributed by atoms with E-state index in [-0.39, 0.29) is 17.9 Å². The zero-order valence-corrected chi connectivity index (χ0v) is 15.1. The number of aryl methyl sites for hydroxylation is 1. The quantitative estimate of drug-likeness (QED) is 0.782. The molecule has 0 spiro atoms. The number of carbonyl (C=O) groups excluding carboxylic acids is 2. The monoisotopic (exact) mass is 349 g/mol. The maximum absolute atomic E-state index is 12.9. The smallest absolute Gasteiger partial charge is 0.245 e. The zero-order valence-electron chi connectivity index (χ0n) is 15.1. The Morgan fingerprint density at radius 3 is 2.60 bits per heavy atom. The number of nitrogens with zero attached hydrogens (tertiary/aromatic N) is 5. The Hall–Kier alpha value is -1.96. The summed E-state index contributed by atoms with van der Waals surface area (Å²) in [6.45, 7) is 8.07. The van der Waals surface area contributed by atoms with Crippen molar-refractivity contribution in [2.45, 2.75) is 52.1 Å². The molecular weight excluding hydrogens is 322 g/mol. The van der Waals surface area contributed by atoms with Gasteiger partial charge in [0, 0.05) is 46.1 Å². The van der Waals surface area contributed by atoms with Gasteiger partial charge in [-0.1, -0.05) is 12.1 Å². The van der Waals surface area contributed by atoms with Crippen molar-refractivity contribution in [3.63, 3.8) is 0 Å². The molecule has 25 heavy (non-hydrogen) atoms. The van der Waals surface area contributed by atoms with Gasteiger partial charge in [-0.2, -0.15) is 4.98 Å². The van der Waals surface area contributed by atoms with Crippen LogP contribution in [0.4, 0.5) is 0 Å². The molecule has 0 N–H and O–H groups in total. The highest BCUT2D eigenvalue weighted by atomic mass is 16.5. The van der Waals surface area contributed by atoms with Crippen LogP contribution in [0.1, 0.15) is 44.3 Å². The molecule has 1 atom stereocenters. The molecule has 2 saturated heterocycles. The van der Waals surface area contributed by atoms with Crippen molar-refractivity contribution in [2.24, 2.45) is 0 Å². The molecule has 3 rings (SSSR count). The van der Waals surface area contributed by atoms with Gasteiger partial charge in [-0.05, 0) is 19.3 Å². The summed E-state index contributed by atoms with van der Waals surface area (Å²) in [5, 5.41) is 3.92. The van der Waals surface area contributed by atoms with Gasteiger partial charge in [-0.3, -0.25) is 14.5 Å². The fraction of sp³-hybridized carbons (Fsp3) is 0.765. The van der Waals surface area contributed by atoms with Crippen LogP contribution >= 0.6 is 0 Å². The molecule has 1 aromatic rings. The summed E-state index contributed by atoms with van der Waals surface area (Å²) in [5.74, 6) is 1.48. The number of piperazine rings is 1. The van der Waals surface area contributed by atoms with Crippen LogP contribution in [0, 0.1) is 6.92 Å². The number of likely N-dealkylation sites (tertiary alicyclic amines) is 1. The number of hydrogen-bond donors (Lipinski definition) is 0. The molecule has 0 radical (unpaired) electrons. The van der Waals surface area contributed by atoms with Gasteiger partial charge in [-0.15, -0.1) is 0 Å². The molecule has 0 saturated carbocycles. The van der Waals surface area contributed by atoms with Crippen molar-refractivity contribution in [2.75, 3.05) is 32.7 Å². The van der Waals surface area contributed by atoms with Gasteiger partial charge in [0.2, 0.25) is 17.7 Å². The minimum atomic E-state index is -0.259. The number of amides is 2. The van der Waals surface area contributed by atoms with E-state index in [1.807, 2.05) is 11.8 Å². The third-order valence-corrected chi connectivity index (χ3v) is 4.94. The maximum atomic E-state index is 12.9. The van der Waals surface area contributed by atoms with Crippen LogP contribution in [0.15, 0.2) is 4.52 Å². The summed E-state index contributed by atoms with van der Waals surface area (Å²) in [5.41, 5.74) is 0. The van der Waals surface area contributed by atoms with E-state index in [1.54, 1.807) is 11.8 Å². The number of aromatic nitrogens is 2. The predicted octanol–water partition coefficient (Wildman–Crippen LogP) is 0.813. The Bertz CT molecular complexity index is 609. The summed E-state index contributed by atoms with van der Waals surface area (Å²) >= 11 is 0. The largest absolute Gasteiger partial charge is 0.340 e. The summed E-state index contributed by atoms with van der Waals surface area (Å²) in [4.78, 5) is 35.2. The molecule has 1 aromatic heterocycles. The number of hydrogen-bond acceptors (Lipinski definition) is 6. The average Bonchev–Trinajstić information content (AvgIpc) is 3.24. The van der Waals surface area contributed by atoms with Gasteiger partial charge >= 0.3 is 0 Å².